The van der Waals surface area contributed by atoms with Gasteiger partial charge < -0.3 is 4.90 Å². The number of nitro groups is 1. The number of carbonyl (C=O) groups excluding carboxylic acids is 3. The molecule has 2 aromatic carbocycles. The van der Waals surface area contributed by atoms with Gasteiger partial charge in [0.25, 0.3) is 11.6 Å². The van der Waals surface area contributed by atoms with Gasteiger partial charge in [-0.3, -0.25) is 35.3 Å². The summed E-state index contributed by atoms with van der Waals surface area (Å²) in [6.07, 6.45) is 1.75. The summed E-state index contributed by atoms with van der Waals surface area (Å²) in [5.41, 5.74) is 6.52. The van der Waals surface area contributed by atoms with Gasteiger partial charge in [-0.05, 0) is 36.6 Å². The van der Waals surface area contributed by atoms with Gasteiger partial charge in [0.2, 0.25) is 11.8 Å². The largest absolute Gasteiger partial charge is 0.312 e. The third-order valence-corrected chi connectivity index (χ3v) is 4.63. The first-order chi connectivity index (χ1) is 14.0. The first kappa shape index (κ1) is 20.0. The number of nitro benzene ring substituents is 1. The maximum absolute atomic E-state index is 12.5. The minimum absolute atomic E-state index is 0.0214. The van der Waals surface area contributed by atoms with E-state index in [0.717, 1.165) is 24.1 Å². The van der Waals surface area contributed by atoms with Gasteiger partial charge in [0, 0.05) is 42.8 Å². The van der Waals surface area contributed by atoms with Crippen molar-refractivity contribution in [2.45, 2.75) is 25.7 Å². The fourth-order valence-corrected chi connectivity index (χ4v) is 3.14. The van der Waals surface area contributed by atoms with Crippen LogP contribution in [0.3, 0.4) is 0 Å². The smallest absolute Gasteiger partial charge is 0.269 e. The number of rotatable bonds is 5. The van der Waals surface area contributed by atoms with Crippen molar-refractivity contribution in [2.24, 2.45) is 0 Å². The number of carbonyl (C=O) groups is 3. The lowest BCUT2D eigenvalue weighted by atomic mass is 10.0. The van der Waals surface area contributed by atoms with E-state index in [1.807, 2.05) is 24.3 Å². The Bertz CT molecular complexity index is 942. The van der Waals surface area contributed by atoms with Gasteiger partial charge in [0.05, 0.1) is 4.92 Å². The number of hydrogen-bond acceptors (Lipinski definition) is 5. The summed E-state index contributed by atoms with van der Waals surface area (Å²) in [6, 6.07) is 12.7. The highest BCUT2D eigenvalue weighted by atomic mass is 16.6. The van der Waals surface area contributed by atoms with Crippen LogP contribution in [0.4, 0.5) is 11.4 Å². The fourth-order valence-electron chi connectivity index (χ4n) is 3.14. The molecule has 9 nitrogen and oxygen atoms in total. The number of benzene rings is 2. The summed E-state index contributed by atoms with van der Waals surface area (Å²) in [5.74, 6) is -1.25. The maximum atomic E-state index is 12.5. The van der Waals surface area contributed by atoms with Crippen molar-refractivity contribution in [3.63, 3.8) is 0 Å². The summed E-state index contributed by atoms with van der Waals surface area (Å²) >= 11 is 0. The predicted octanol–water partition coefficient (Wildman–Crippen LogP) is 2.12. The Labute approximate surface area is 166 Å². The molecular formula is C20H20N4O5. The summed E-state index contributed by atoms with van der Waals surface area (Å²) in [7, 11) is 0. The number of fused-ring (bicyclic) bond motifs is 1. The third kappa shape index (κ3) is 4.95. The standard InChI is InChI=1S/C20H20N4O5/c25-18(21-22-20(27)15-7-9-16(10-8-15)24(28)29)11-12-19(26)23-13-3-5-14-4-1-2-6-17(14)23/h1-2,4,6-10H,3,5,11-13H2,(H,21,25)(H,22,27). The highest BCUT2D eigenvalue weighted by Crippen LogP contribution is 2.27. The van der Waals surface area contributed by atoms with Crippen LogP contribution in [0.1, 0.15) is 35.2 Å². The highest BCUT2D eigenvalue weighted by Gasteiger charge is 2.22. The molecule has 0 unspecified atom stereocenters. The van der Waals surface area contributed by atoms with E-state index in [9.17, 15) is 24.5 Å². The molecule has 150 valence electrons. The van der Waals surface area contributed by atoms with E-state index >= 15 is 0 Å². The number of nitrogens with one attached hydrogen (secondary N) is 2. The van der Waals surface area contributed by atoms with Crippen LogP contribution in [0.25, 0.3) is 0 Å². The SMILES string of the molecule is O=C(CCC(=O)N1CCCc2ccccc21)NNC(=O)c1ccc([N+](=O)[O-])cc1. The zero-order valence-electron chi connectivity index (χ0n) is 15.6. The molecule has 0 radical (unpaired) electrons. The monoisotopic (exact) mass is 396 g/mol. The second kappa shape index (κ2) is 8.96. The third-order valence-electron chi connectivity index (χ3n) is 4.63. The van der Waals surface area contributed by atoms with Gasteiger partial charge in [-0.1, -0.05) is 18.2 Å². The fraction of sp³-hybridized carbons (Fsp3) is 0.250. The Kier molecular flexibility index (Phi) is 6.18. The molecule has 0 aromatic heterocycles. The van der Waals surface area contributed by atoms with E-state index in [1.165, 1.54) is 24.3 Å². The zero-order valence-corrected chi connectivity index (χ0v) is 15.6. The van der Waals surface area contributed by atoms with Crippen molar-refractivity contribution in [1.82, 2.24) is 10.9 Å². The Morgan fingerprint density at radius 3 is 2.45 bits per heavy atom. The molecule has 29 heavy (non-hydrogen) atoms. The van der Waals surface area contributed by atoms with Crippen LogP contribution in [-0.4, -0.2) is 29.2 Å². The van der Waals surface area contributed by atoms with Crippen LogP contribution < -0.4 is 15.8 Å². The molecule has 1 aliphatic rings. The van der Waals surface area contributed by atoms with Gasteiger partial charge in [-0.15, -0.1) is 0 Å². The quantitative estimate of drug-likeness (QED) is 0.592. The Balaban J connectivity index is 1.47. The van der Waals surface area contributed by atoms with Crippen molar-refractivity contribution < 1.29 is 19.3 Å². The minimum atomic E-state index is -0.607. The molecule has 3 rings (SSSR count). The van der Waals surface area contributed by atoms with Crippen LogP contribution in [0.2, 0.25) is 0 Å². The molecule has 2 aromatic rings. The normalized spacial score (nSPS) is 12.6. The van der Waals surface area contributed by atoms with Crippen LogP contribution >= 0.6 is 0 Å². The molecule has 9 heteroatoms. The maximum Gasteiger partial charge on any atom is 0.269 e. The zero-order chi connectivity index (χ0) is 20.8. The molecule has 0 atom stereocenters. The second-order valence-corrected chi connectivity index (χ2v) is 6.58. The van der Waals surface area contributed by atoms with E-state index in [0.29, 0.717) is 6.54 Å². The van der Waals surface area contributed by atoms with Crippen LogP contribution in [0.5, 0.6) is 0 Å². The van der Waals surface area contributed by atoms with Crippen LogP contribution in [0, 0.1) is 10.1 Å². The molecular weight excluding hydrogens is 376 g/mol. The minimum Gasteiger partial charge on any atom is -0.312 e. The van der Waals surface area contributed by atoms with Gasteiger partial charge >= 0.3 is 0 Å². The Morgan fingerprint density at radius 1 is 1.00 bits per heavy atom. The number of nitrogens with zero attached hydrogens (tertiary/aromatic N) is 2. The molecule has 0 bridgehead atoms. The van der Waals surface area contributed by atoms with E-state index < -0.39 is 16.7 Å². The number of hydrogen-bond donors (Lipinski definition) is 2. The molecule has 0 spiro atoms. The molecule has 0 saturated carbocycles. The van der Waals surface area contributed by atoms with Crippen molar-refractivity contribution in [3.8, 4) is 0 Å². The summed E-state index contributed by atoms with van der Waals surface area (Å²) in [5, 5.41) is 10.6. The van der Waals surface area contributed by atoms with Gasteiger partial charge in [-0.2, -0.15) is 0 Å². The van der Waals surface area contributed by atoms with E-state index in [-0.39, 0.29) is 30.0 Å². The first-order valence-corrected chi connectivity index (χ1v) is 9.17. The number of non-ortho nitro benzene ring substituents is 1. The number of aryl methyl sites for hydroxylation is 1. The Hall–Kier alpha value is -3.75. The van der Waals surface area contributed by atoms with Crippen molar-refractivity contribution >= 4 is 29.1 Å². The summed E-state index contributed by atoms with van der Waals surface area (Å²) < 4.78 is 0. The molecule has 1 aliphatic heterocycles. The van der Waals surface area contributed by atoms with Crippen LogP contribution in [0.15, 0.2) is 48.5 Å². The lowest BCUT2D eigenvalue weighted by molar-refractivity contribution is -0.384. The Morgan fingerprint density at radius 2 is 1.72 bits per heavy atom. The lowest BCUT2D eigenvalue weighted by Crippen LogP contribution is -2.42. The number of hydrazine groups is 1. The molecule has 0 fully saturated rings. The van der Waals surface area contributed by atoms with Crippen LogP contribution in [-0.2, 0) is 16.0 Å². The van der Waals surface area contributed by atoms with E-state index in [4.69, 9.17) is 0 Å². The first-order valence-electron chi connectivity index (χ1n) is 9.17. The number of para-hydroxylation sites is 1. The lowest BCUT2D eigenvalue weighted by Gasteiger charge is -2.29. The molecule has 3 amide bonds. The summed E-state index contributed by atoms with van der Waals surface area (Å²) in [4.78, 5) is 48.2. The van der Waals surface area contributed by atoms with Gasteiger partial charge in [0.15, 0.2) is 0 Å². The average Bonchev–Trinajstić information content (AvgIpc) is 2.75. The molecule has 2 N–H and O–H groups in total. The van der Waals surface area contributed by atoms with Gasteiger partial charge in [-0.25, -0.2) is 0 Å². The molecule has 0 aliphatic carbocycles. The van der Waals surface area contributed by atoms with Crippen molar-refractivity contribution in [3.05, 3.63) is 69.8 Å². The highest BCUT2D eigenvalue weighted by molar-refractivity contribution is 5.98. The average molecular weight is 396 g/mol. The summed E-state index contributed by atoms with van der Waals surface area (Å²) in [6.45, 7) is 0.619. The second-order valence-electron chi connectivity index (χ2n) is 6.58. The molecule has 1 heterocycles. The number of amides is 3. The van der Waals surface area contributed by atoms with Gasteiger partial charge in [0.1, 0.15) is 0 Å². The van der Waals surface area contributed by atoms with Crippen molar-refractivity contribution in [1.29, 1.82) is 0 Å². The molecule has 0 saturated heterocycles. The van der Waals surface area contributed by atoms with Crippen molar-refractivity contribution in [2.75, 3.05) is 11.4 Å². The topological polar surface area (TPSA) is 122 Å². The van der Waals surface area contributed by atoms with E-state index in [2.05, 4.69) is 10.9 Å². The number of anilines is 1. The predicted molar refractivity (Wildman–Crippen MR) is 105 cm³/mol. The van der Waals surface area contributed by atoms with E-state index in [1.54, 1.807) is 4.90 Å².